The summed E-state index contributed by atoms with van der Waals surface area (Å²) in [4.78, 5) is 23.6. The van der Waals surface area contributed by atoms with Crippen molar-refractivity contribution in [2.45, 2.75) is 25.2 Å². The standard InChI is InChI=1S/C10H16N2O4/c1-8-4-10(15-2-3-16-10)6-12(8)9(14)5-11-7-13/h7-8H,2-6H2,1H3,(H,11,13). The quantitative estimate of drug-likeness (QED) is 0.635. The van der Waals surface area contributed by atoms with E-state index in [1.807, 2.05) is 6.92 Å². The number of hydrogen-bond donors (Lipinski definition) is 1. The van der Waals surface area contributed by atoms with E-state index in [1.54, 1.807) is 4.90 Å². The van der Waals surface area contributed by atoms with Crippen LogP contribution in [0, 0.1) is 0 Å². The predicted octanol–water partition coefficient (Wildman–Crippen LogP) is -0.904. The highest BCUT2D eigenvalue weighted by atomic mass is 16.7. The first-order valence-electron chi connectivity index (χ1n) is 5.41. The minimum Gasteiger partial charge on any atom is -0.350 e. The van der Waals surface area contributed by atoms with Gasteiger partial charge in [-0.2, -0.15) is 0 Å². The van der Waals surface area contributed by atoms with Gasteiger partial charge in [0.2, 0.25) is 12.3 Å². The molecule has 2 aliphatic rings. The Morgan fingerprint density at radius 2 is 2.25 bits per heavy atom. The molecule has 0 aromatic heterocycles. The summed E-state index contributed by atoms with van der Waals surface area (Å²) in [6.45, 7) is 3.61. The summed E-state index contributed by atoms with van der Waals surface area (Å²) >= 11 is 0. The van der Waals surface area contributed by atoms with Gasteiger partial charge in [0.05, 0.1) is 26.3 Å². The van der Waals surface area contributed by atoms with Crippen LogP contribution in [0.2, 0.25) is 0 Å². The number of hydrogen-bond acceptors (Lipinski definition) is 4. The van der Waals surface area contributed by atoms with Crippen LogP contribution in [0.5, 0.6) is 0 Å². The maximum absolute atomic E-state index is 11.7. The Morgan fingerprint density at radius 3 is 2.88 bits per heavy atom. The SMILES string of the molecule is CC1CC2(CN1C(=O)CNC=O)OCCO2. The number of rotatable bonds is 3. The molecular weight excluding hydrogens is 212 g/mol. The van der Waals surface area contributed by atoms with E-state index in [9.17, 15) is 9.59 Å². The molecule has 2 amide bonds. The first-order valence-corrected chi connectivity index (χ1v) is 5.41. The van der Waals surface area contributed by atoms with E-state index < -0.39 is 5.79 Å². The van der Waals surface area contributed by atoms with Crippen molar-refractivity contribution in [1.29, 1.82) is 0 Å². The Balaban J connectivity index is 1.96. The Hall–Kier alpha value is -1.14. The van der Waals surface area contributed by atoms with E-state index in [-0.39, 0.29) is 18.5 Å². The smallest absolute Gasteiger partial charge is 0.242 e. The Bertz CT molecular complexity index is 289. The summed E-state index contributed by atoms with van der Waals surface area (Å²) < 4.78 is 11.1. The fourth-order valence-corrected chi connectivity index (χ4v) is 2.31. The average molecular weight is 228 g/mol. The van der Waals surface area contributed by atoms with E-state index >= 15 is 0 Å². The predicted molar refractivity (Wildman–Crippen MR) is 54.5 cm³/mol. The molecule has 1 unspecified atom stereocenters. The van der Waals surface area contributed by atoms with Gasteiger partial charge in [-0.3, -0.25) is 9.59 Å². The normalized spacial score (nSPS) is 27.3. The number of amides is 2. The van der Waals surface area contributed by atoms with E-state index in [0.717, 1.165) is 0 Å². The summed E-state index contributed by atoms with van der Waals surface area (Å²) in [5.74, 6) is -0.702. The molecule has 6 heteroatoms. The van der Waals surface area contributed by atoms with Crippen molar-refractivity contribution in [3.05, 3.63) is 0 Å². The molecule has 1 atom stereocenters. The molecule has 6 nitrogen and oxygen atoms in total. The van der Waals surface area contributed by atoms with Crippen LogP contribution in [0.4, 0.5) is 0 Å². The maximum Gasteiger partial charge on any atom is 0.242 e. The van der Waals surface area contributed by atoms with Crippen LogP contribution < -0.4 is 5.32 Å². The van der Waals surface area contributed by atoms with Gasteiger partial charge in [0.15, 0.2) is 5.79 Å². The van der Waals surface area contributed by atoms with E-state index in [1.165, 1.54) is 0 Å². The number of ether oxygens (including phenoxy) is 2. The topological polar surface area (TPSA) is 67.9 Å². The molecule has 0 bridgehead atoms. The number of carbonyl (C=O) groups excluding carboxylic acids is 2. The fraction of sp³-hybridized carbons (Fsp3) is 0.800. The highest BCUT2D eigenvalue weighted by Crippen LogP contribution is 2.34. The van der Waals surface area contributed by atoms with Crippen LogP contribution in [0.25, 0.3) is 0 Å². The molecule has 0 aliphatic carbocycles. The van der Waals surface area contributed by atoms with Gasteiger partial charge in [-0.05, 0) is 6.92 Å². The molecule has 2 aliphatic heterocycles. The molecule has 0 aromatic carbocycles. The monoisotopic (exact) mass is 228 g/mol. The zero-order valence-corrected chi connectivity index (χ0v) is 9.27. The van der Waals surface area contributed by atoms with Gasteiger partial charge in [0.1, 0.15) is 0 Å². The summed E-state index contributed by atoms with van der Waals surface area (Å²) in [6.07, 6.45) is 1.22. The molecule has 2 saturated heterocycles. The third kappa shape index (κ3) is 2.03. The molecule has 90 valence electrons. The van der Waals surface area contributed by atoms with Crippen molar-refractivity contribution in [2.75, 3.05) is 26.3 Å². The van der Waals surface area contributed by atoms with Gasteiger partial charge in [-0.25, -0.2) is 0 Å². The van der Waals surface area contributed by atoms with Crippen LogP contribution in [0.1, 0.15) is 13.3 Å². The van der Waals surface area contributed by atoms with Crippen LogP contribution in [-0.2, 0) is 19.1 Å². The van der Waals surface area contributed by atoms with E-state index in [2.05, 4.69) is 5.32 Å². The second kappa shape index (κ2) is 4.39. The second-order valence-corrected chi connectivity index (χ2v) is 4.18. The second-order valence-electron chi connectivity index (χ2n) is 4.18. The van der Waals surface area contributed by atoms with Gasteiger partial charge >= 0.3 is 0 Å². The van der Waals surface area contributed by atoms with Gasteiger partial charge in [0.25, 0.3) is 0 Å². The largest absolute Gasteiger partial charge is 0.350 e. The number of likely N-dealkylation sites (tertiary alicyclic amines) is 1. The Morgan fingerprint density at radius 1 is 1.56 bits per heavy atom. The lowest BCUT2D eigenvalue weighted by Crippen LogP contribution is -2.42. The van der Waals surface area contributed by atoms with Crippen LogP contribution in [0.3, 0.4) is 0 Å². The zero-order chi connectivity index (χ0) is 11.6. The van der Waals surface area contributed by atoms with Crippen LogP contribution in [0.15, 0.2) is 0 Å². The van der Waals surface area contributed by atoms with Crippen molar-refractivity contribution in [2.24, 2.45) is 0 Å². The summed E-state index contributed by atoms with van der Waals surface area (Å²) in [5.41, 5.74) is 0. The zero-order valence-electron chi connectivity index (χ0n) is 9.27. The number of nitrogens with zero attached hydrogens (tertiary/aromatic N) is 1. The first kappa shape index (κ1) is 11.3. The molecule has 0 saturated carbocycles. The fourth-order valence-electron chi connectivity index (χ4n) is 2.31. The third-order valence-electron chi connectivity index (χ3n) is 3.02. The highest BCUT2D eigenvalue weighted by molar-refractivity contribution is 5.80. The summed E-state index contributed by atoms with van der Waals surface area (Å²) in [6, 6.07) is 0.0825. The lowest BCUT2D eigenvalue weighted by molar-refractivity contribution is -0.152. The minimum absolute atomic E-state index is 0.0317. The molecule has 0 radical (unpaired) electrons. The molecule has 2 fully saturated rings. The summed E-state index contributed by atoms with van der Waals surface area (Å²) in [7, 11) is 0. The lowest BCUT2D eigenvalue weighted by Gasteiger charge is -2.22. The lowest BCUT2D eigenvalue weighted by atomic mass is 10.2. The minimum atomic E-state index is -0.601. The first-order chi connectivity index (χ1) is 7.67. The number of carbonyl (C=O) groups is 2. The van der Waals surface area contributed by atoms with Gasteiger partial charge in [-0.15, -0.1) is 0 Å². The maximum atomic E-state index is 11.7. The molecular formula is C10H16N2O4. The van der Waals surface area contributed by atoms with Crippen molar-refractivity contribution in [3.63, 3.8) is 0 Å². The highest BCUT2D eigenvalue weighted by Gasteiger charge is 2.48. The van der Waals surface area contributed by atoms with Gasteiger partial charge in [-0.1, -0.05) is 0 Å². The molecule has 1 spiro atoms. The molecule has 2 rings (SSSR count). The Kier molecular flexibility index (Phi) is 3.11. The summed E-state index contributed by atoms with van der Waals surface area (Å²) in [5, 5.41) is 2.37. The van der Waals surface area contributed by atoms with Gasteiger partial charge in [0, 0.05) is 12.5 Å². The third-order valence-corrected chi connectivity index (χ3v) is 3.02. The van der Waals surface area contributed by atoms with E-state index in [0.29, 0.717) is 32.6 Å². The molecule has 0 aromatic rings. The van der Waals surface area contributed by atoms with E-state index in [4.69, 9.17) is 9.47 Å². The molecule has 2 heterocycles. The van der Waals surface area contributed by atoms with Crippen molar-refractivity contribution < 1.29 is 19.1 Å². The van der Waals surface area contributed by atoms with Crippen molar-refractivity contribution >= 4 is 12.3 Å². The Labute approximate surface area is 93.9 Å². The molecule has 16 heavy (non-hydrogen) atoms. The van der Waals surface area contributed by atoms with Gasteiger partial charge < -0.3 is 19.7 Å². The average Bonchev–Trinajstić information content (AvgIpc) is 2.83. The molecule has 1 N–H and O–H groups in total. The van der Waals surface area contributed by atoms with Crippen LogP contribution in [-0.4, -0.2) is 55.3 Å². The van der Waals surface area contributed by atoms with Crippen molar-refractivity contribution in [3.8, 4) is 0 Å². The van der Waals surface area contributed by atoms with Crippen molar-refractivity contribution in [1.82, 2.24) is 10.2 Å². The number of nitrogens with one attached hydrogen (secondary N) is 1. The van der Waals surface area contributed by atoms with Crippen LogP contribution >= 0.6 is 0 Å².